The van der Waals surface area contributed by atoms with Gasteiger partial charge in [0.25, 0.3) is 0 Å². The van der Waals surface area contributed by atoms with E-state index < -0.39 is 0 Å². The van der Waals surface area contributed by atoms with Gasteiger partial charge < -0.3 is 14.5 Å². The summed E-state index contributed by atoms with van der Waals surface area (Å²) in [5, 5.41) is 0.835. The molecule has 0 radical (unpaired) electrons. The Bertz CT molecular complexity index is 1200. The topological polar surface area (TPSA) is 22.2 Å². The molecule has 9 rings (SSSR count). The number of ether oxygens (including phenoxy) is 1. The maximum atomic E-state index is 6.02. The third-order valence-corrected chi connectivity index (χ3v) is 12.6. The monoisotopic (exact) mass is 632 g/mol. The molecule has 0 aromatic heterocycles. The van der Waals surface area contributed by atoms with Crippen molar-refractivity contribution in [2.24, 2.45) is 29.6 Å². The average molecular weight is 633 g/mol. The van der Waals surface area contributed by atoms with Gasteiger partial charge in [-0.05, 0) is 111 Å². The van der Waals surface area contributed by atoms with Gasteiger partial charge in [-0.3, -0.25) is 9.80 Å². The van der Waals surface area contributed by atoms with Crippen LogP contribution in [0.4, 0.5) is 11.4 Å². The van der Waals surface area contributed by atoms with Gasteiger partial charge >= 0.3 is 0 Å². The first kappa shape index (κ1) is 31.6. The molecule has 0 amide bonds. The minimum Gasteiger partial charge on any atom is -0.492 e. The zero-order valence-electron chi connectivity index (χ0n) is 27.8. The van der Waals surface area contributed by atoms with Crippen molar-refractivity contribution < 1.29 is 4.74 Å². The van der Waals surface area contributed by atoms with Crippen molar-refractivity contribution in [3.8, 4) is 5.75 Å². The van der Waals surface area contributed by atoms with Crippen LogP contribution < -0.4 is 14.5 Å². The SMILES string of the molecule is CCOc1ccccc1N1CCN(CC2CCCCC2)CC1.Clc1ccc(N2CCN(C3C4CCC5CC(C4)C3C5)CC2)cc1. The van der Waals surface area contributed by atoms with E-state index in [-0.39, 0.29) is 0 Å². The van der Waals surface area contributed by atoms with E-state index in [1.807, 2.05) is 12.1 Å². The summed E-state index contributed by atoms with van der Waals surface area (Å²) in [7, 11) is 0. The second-order valence-corrected chi connectivity index (χ2v) is 15.5. The molecule has 5 saturated carbocycles. The molecule has 0 N–H and O–H groups in total. The summed E-state index contributed by atoms with van der Waals surface area (Å²) < 4.78 is 5.78. The summed E-state index contributed by atoms with van der Waals surface area (Å²) in [4.78, 5) is 10.6. The smallest absolute Gasteiger partial charge is 0.142 e. The van der Waals surface area contributed by atoms with E-state index in [2.05, 4.69) is 62.9 Å². The van der Waals surface area contributed by atoms with Crippen LogP contribution in [0.15, 0.2) is 48.5 Å². The molecule has 5 nitrogen and oxygen atoms in total. The van der Waals surface area contributed by atoms with Crippen LogP contribution in [-0.2, 0) is 0 Å². The average Bonchev–Trinajstić information content (AvgIpc) is 3.47. The largest absolute Gasteiger partial charge is 0.492 e. The van der Waals surface area contributed by atoms with E-state index in [1.54, 1.807) is 19.3 Å². The van der Waals surface area contributed by atoms with Crippen LogP contribution in [-0.4, -0.2) is 81.4 Å². The molecule has 4 bridgehead atoms. The fourth-order valence-electron chi connectivity index (χ4n) is 10.2. The Morgan fingerprint density at radius 3 is 2.20 bits per heavy atom. The number of hydrogen-bond acceptors (Lipinski definition) is 5. The minimum absolute atomic E-state index is 0.735. The Kier molecular flexibility index (Phi) is 10.4. The fraction of sp³-hybridized carbons (Fsp3) is 0.692. The van der Waals surface area contributed by atoms with E-state index in [0.717, 1.165) is 66.1 Å². The zero-order chi connectivity index (χ0) is 30.6. The highest BCUT2D eigenvalue weighted by molar-refractivity contribution is 6.30. The van der Waals surface area contributed by atoms with Crippen molar-refractivity contribution >= 4 is 23.0 Å². The summed E-state index contributed by atoms with van der Waals surface area (Å²) in [5.74, 6) is 6.19. The second kappa shape index (κ2) is 14.9. The van der Waals surface area contributed by atoms with E-state index in [0.29, 0.717) is 0 Å². The first-order valence-corrected chi connectivity index (χ1v) is 19.0. The molecule has 2 aromatic carbocycles. The van der Waals surface area contributed by atoms with E-state index >= 15 is 0 Å². The zero-order valence-corrected chi connectivity index (χ0v) is 28.6. The first-order chi connectivity index (χ1) is 22.1. The van der Waals surface area contributed by atoms with Gasteiger partial charge in [0.2, 0.25) is 0 Å². The molecule has 2 aromatic rings. The summed E-state index contributed by atoms with van der Waals surface area (Å²) in [6, 6.07) is 17.8. The number of piperazine rings is 2. The van der Waals surface area contributed by atoms with Crippen LogP contribution in [0.2, 0.25) is 5.02 Å². The molecule has 2 heterocycles. The van der Waals surface area contributed by atoms with Gasteiger partial charge in [-0.1, -0.05) is 49.4 Å². The highest BCUT2D eigenvalue weighted by atomic mass is 35.5. The maximum absolute atomic E-state index is 6.02. The molecule has 6 heteroatoms. The molecule has 2 saturated heterocycles. The number of rotatable bonds is 7. The van der Waals surface area contributed by atoms with Crippen LogP contribution in [0.25, 0.3) is 0 Å². The van der Waals surface area contributed by atoms with Crippen LogP contribution in [0, 0.1) is 29.6 Å². The van der Waals surface area contributed by atoms with Gasteiger partial charge in [-0.15, -0.1) is 0 Å². The highest BCUT2D eigenvalue weighted by Gasteiger charge is 2.52. The summed E-state index contributed by atoms with van der Waals surface area (Å²) in [6.45, 7) is 13.6. The van der Waals surface area contributed by atoms with Crippen molar-refractivity contribution in [1.82, 2.24) is 9.80 Å². The Labute approximate surface area is 278 Å². The van der Waals surface area contributed by atoms with Gasteiger partial charge in [-0.25, -0.2) is 0 Å². The van der Waals surface area contributed by atoms with Crippen molar-refractivity contribution in [3.63, 3.8) is 0 Å². The molecular formula is C39H57ClN4O. The number of halogens is 1. The Morgan fingerprint density at radius 1 is 0.711 bits per heavy atom. The number of hydrogen-bond donors (Lipinski definition) is 0. The molecule has 7 aliphatic rings. The maximum Gasteiger partial charge on any atom is 0.142 e. The third kappa shape index (κ3) is 7.47. The van der Waals surface area contributed by atoms with E-state index in [4.69, 9.17) is 16.3 Å². The second-order valence-electron chi connectivity index (χ2n) is 15.0. The van der Waals surface area contributed by atoms with Gasteiger partial charge in [0.1, 0.15) is 5.75 Å². The number of anilines is 2. The molecule has 5 atom stereocenters. The molecule has 2 aliphatic heterocycles. The fourth-order valence-corrected chi connectivity index (χ4v) is 10.3. The predicted molar refractivity (Wildman–Crippen MR) is 189 cm³/mol. The lowest BCUT2D eigenvalue weighted by Gasteiger charge is -2.42. The van der Waals surface area contributed by atoms with Crippen LogP contribution in [0.3, 0.4) is 0 Å². The van der Waals surface area contributed by atoms with Crippen molar-refractivity contribution in [3.05, 3.63) is 53.6 Å². The lowest BCUT2D eigenvalue weighted by Crippen LogP contribution is -2.53. The van der Waals surface area contributed by atoms with Gasteiger partial charge in [-0.2, -0.15) is 0 Å². The molecule has 45 heavy (non-hydrogen) atoms. The standard InChI is InChI=1S/C20H27ClN2.C19H30N2O/c21-17-3-5-18(6-4-17)22-7-9-23(10-8-22)20-15-2-1-14-11-16(13-15)19(20)12-14;1-2-22-19-11-7-6-10-18(19)21-14-12-20(13-15-21)16-17-8-4-3-5-9-17/h3-6,14-16,19-20H,1-2,7-13H2;6-7,10-11,17H,2-5,8-9,12-16H2,1H3. The van der Waals surface area contributed by atoms with Crippen LogP contribution >= 0.6 is 11.6 Å². The van der Waals surface area contributed by atoms with Crippen LogP contribution in [0.5, 0.6) is 5.75 Å². The Morgan fingerprint density at radius 2 is 1.44 bits per heavy atom. The quantitative estimate of drug-likeness (QED) is 0.307. The van der Waals surface area contributed by atoms with Crippen LogP contribution in [0.1, 0.15) is 71.1 Å². The molecule has 5 unspecified atom stereocenters. The number of fused-ring (bicyclic) bond motifs is 1. The first-order valence-electron chi connectivity index (χ1n) is 18.6. The van der Waals surface area contributed by atoms with E-state index in [1.165, 1.54) is 102 Å². The van der Waals surface area contributed by atoms with Crippen molar-refractivity contribution in [1.29, 1.82) is 0 Å². The Balaban J connectivity index is 0.000000145. The van der Waals surface area contributed by atoms with E-state index in [9.17, 15) is 0 Å². The Hall–Kier alpha value is -1.95. The molecule has 0 spiro atoms. The lowest BCUT2D eigenvalue weighted by atomic mass is 9.89. The molecule has 246 valence electrons. The van der Waals surface area contributed by atoms with Gasteiger partial charge in [0, 0.05) is 75.7 Å². The highest BCUT2D eigenvalue weighted by Crippen LogP contribution is 2.57. The van der Waals surface area contributed by atoms with Gasteiger partial charge in [0.15, 0.2) is 0 Å². The summed E-state index contributed by atoms with van der Waals surface area (Å²) >= 11 is 6.02. The van der Waals surface area contributed by atoms with Gasteiger partial charge in [0.05, 0.1) is 12.3 Å². The normalized spacial score (nSPS) is 30.7. The van der Waals surface area contributed by atoms with Crippen molar-refractivity contribution in [2.45, 2.75) is 77.2 Å². The predicted octanol–water partition coefficient (Wildman–Crippen LogP) is 8.07. The number of para-hydroxylation sites is 2. The molecule has 7 fully saturated rings. The number of benzene rings is 2. The third-order valence-electron chi connectivity index (χ3n) is 12.4. The molecular weight excluding hydrogens is 576 g/mol. The minimum atomic E-state index is 0.735. The summed E-state index contributed by atoms with van der Waals surface area (Å²) in [6.07, 6.45) is 14.9. The van der Waals surface area contributed by atoms with Crippen molar-refractivity contribution in [2.75, 3.05) is 75.3 Å². The summed E-state index contributed by atoms with van der Waals surface area (Å²) in [5.41, 5.74) is 2.60. The number of nitrogens with zero attached hydrogens (tertiary/aromatic N) is 4. The molecule has 5 aliphatic carbocycles. The lowest BCUT2D eigenvalue weighted by molar-refractivity contribution is 0.117.